The van der Waals surface area contributed by atoms with Gasteiger partial charge in [0, 0.05) is 51.4 Å². The quantitative estimate of drug-likeness (QED) is 0.652. The van der Waals surface area contributed by atoms with Crippen LogP contribution in [0.2, 0.25) is 0 Å². The van der Waals surface area contributed by atoms with E-state index in [1.54, 1.807) is 11.3 Å². The first-order valence-electron chi connectivity index (χ1n) is 9.63. The van der Waals surface area contributed by atoms with Crippen LogP contribution in [0.1, 0.15) is 17.1 Å². The van der Waals surface area contributed by atoms with Gasteiger partial charge in [0.25, 0.3) is 0 Å². The molecule has 0 N–H and O–H groups in total. The van der Waals surface area contributed by atoms with Gasteiger partial charge in [0.2, 0.25) is 0 Å². The van der Waals surface area contributed by atoms with E-state index in [4.69, 9.17) is 0 Å². The molecule has 5 heteroatoms. The van der Waals surface area contributed by atoms with Crippen LogP contribution in [0.4, 0.5) is 0 Å². The summed E-state index contributed by atoms with van der Waals surface area (Å²) in [4.78, 5) is 15.6. The fourth-order valence-electron chi connectivity index (χ4n) is 3.59. The Balaban J connectivity index is 1.29. The molecule has 0 aliphatic carbocycles. The second-order valence-electron chi connectivity index (χ2n) is 7.12. The zero-order chi connectivity index (χ0) is 18.5. The summed E-state index contributed by atoms with van der Waals surface area (Å²) in [5.74, 6) is 0.864. The van der Waals surface area contributed by atoms with Crippen LogP contribution in [-0.2, 0) is 13.0 Å². The summed E-state index contributed by atoms with van der Waals surface area (Å²) in [6.45, 7) is 8.66. The second kappa shape index (κ2) is 8.74. The third-order valence-electron chi connectivity index (χ3n) is 5.06. The molecule has 0 amide bonds. The molecule has 1 aliphatic rings. The highest BCUT2D eigenvalue weighted by Gasteiger charge is 2.17. The molecule has 1 saturated heterocycles. The second-order valence-corrected chi connectivity index (χ2v) is 8.07. The Hall–Kier alpha value is -2.08. The average Bonchev–Trinajstić information content (AvgIpc) is 3.23. The lowest BCUT2D eigenvalue weighted by Gasteiger charge is -2.34. The highest BCUT2D eigenvalue weighted by atomic mass is 32.1. The first-order valence-corrected chi connectivity index (χ1v) is 10.5. The Morgan fingerprint density at radius 1 is 0.926 bits per heavy atom. The third kappa shape index (κ3) is 5.01. The normalized spacial score (nSPS) is 15.9. The van der Waals surface area contributed by atoms with E-state index in [9.17, 15) is 0 Å². The predicted octanol–water partition coefficient (Wildman–Crippen LogP) is 3.87. The van der Waals surface area contributed by atoms with Crippen molar-refractivity contribution in [2.75, 3.05) is 32.7 Å². The molecule has 0 radical (unpaired) electrons. The summed E-state index contributed by atoms with van der Waals surface area (Å²) in [7, 11) is 0. The molecular weight excluding hydrogens is 352 g/mol. The summed E-state index contributed by atoms with van der Waals surface area (Å²) >= 11 is 1.73. The van der Waals surface area contributed by atoms with E-state index >= 15 is 0 Å². The van der Waals surface area contributed by atoms with Gasteiger partial charge >= 0.3 is 0 Å². The minimum Gasteiger partial charge on any atom is -0.300 e. The zero-order valence-corrected chi connectivity index (χ0v) is 16.7. The maximum atomic E-state index is 4.66. The molecule has 3 heterocycles. The summed E-state index contributed by atoms with van der Waals surface area (Å²) in [6, 6.07) is 17.1. The fourth-order valence-corrected chi connectivity index (χ4v) is 4.28. The fraction of sp³-hybridized carbons (Fsp3) is 0.364. The predicted molar refractivity (Wildman–Crippen MR) is 112 cm³/mol. The largest absolute Gasteiger partial charge is 0.300 e. The van der Waals surface area contributed by atoms with Gasteiger partial charge < -0.3 is 4.90 Å². The van der Waals surface area contributed by atoms with Crippen LogP contribution in [0.3, 0.4) is 0 Å². The van der Waals surface area contributed by atoms with Gasteiger partial charge in [0.05, 0.1) is 10.6 Å². The molecule has 140 valence electrons. The number of piperazine rings is 1. The van der Waals surface area contributed by atoms with Crippen molar-refractivity contribution in [2.45, 2.75) is 19.9 Å². The van der Waals surface area contributed by atoms with E-state index in [-0.39, 0.29) is 0 Å². The van der Waals surface area contributed by atoms with Crippen LogP contribution in [0.25, 0.3) is 10.6 Å². The third-order valence-corrected chi connectivity index (χ3v) is 5.96. The van der Waals surface area contributed by atoms with Crippen molar-refractivity contribution in [3.8, 4) is 10.6 Å². The summed E-state index contributed by atoms with van der Waals surface area (Å²) < 4.78 is 0. The molecule has 0 bridgehead atoms. The molecule has 27 heavy (non-hydrogen) atoms. The maximum absolute atomic E-state index is 4.66. The van der Waals surface area contributed by atoms with Gasteiger partial charge in [-0.1, -0.05) is 36.4 Å². The summed E-state index contributed by atoms with van der Waals surface area (Å²) in [5, 5.41) is 2.10. The Kier molecular flexibility index (Phi) is 5.92. The Morgan fingerprint density at radius 2 is 1.70 bits per heavy atom. The summed E-state index contributed by atoms with van der Waals surface area (Å²) in [6.07, 6.45) is 0.987. The van der Waals surface area contributed by atoms with Crippen LogP contribution in [0.15, 0.2) is 53.9 Å². The first kappa shape index (κ1) is 18.3. The molecule has 0 spiro atoms. The van der Waals surface area contributed by atoms with Crippen LogP contribution < -0.4 is 0 Å². The van der Waals surface area contributed by atoms with Gasteiger partial charge in [0.15, 0.2) is 0 Å². The van der Waals surface area contributed by atoms with Crippen LogP contribution in [0, 0.1) is 6.92 Å². The van der Waals surface area contributed by atoms with Crippen LogP contribution in [-0.4, -0.2) is 52.5 Å². The Labute approximate surface area is 165 Å². The van der Waals surface area contributed by atoms with Crippen LogP contribution >= 0.6 is 11.3 Å². The number of rotatable bonds is 6. The molecular formula is C22H26N4S. The Morgan fingerprint density at radius 3 is 2.44 bits per heavy atom. The van der Waals surface area contributed by atoms with E-state index in [1.807, 2.05) is 6.92 Å². The van der Waals surface area contributed by atoms with Gasteiger partial charge in [-0.25, -0.2) is 9.97 Å². The average molecular weight is 379 g/mol. The number of aryl methyl sites for hydroxylation is 1. The number of aromatic nitrogens is 2. The molecule has 4 rings (SSSR count). The lowest BCUT2D eigenvalue weighted by Crippen LogP contribution is -2.46. The number of nitrogens with zero attached hydrogens (tertiary/aromatic N) is 4. The summed E-state index contributed by atoms with van der Waals surface area (Å²) in [5.41, 5.74) is 3.61. The lowest BCUT2D eigenvalue weighted by molar-refractivity contribution is 0.128. The van der Waals surface area contributed by atoms with E-state index < -0.39 is 0 Å². The topological polar surface area (TPSA) is 32.3 Å². The number of thiophene rings is 1. The van der Waals surface area contributed by atoms with Crippen molar-refractivity contribution < 1.29 is 0 Å². The number of hydrogen-bond acceptors (Lipinski definition) is 5. The van der Waals surface area contributed by atoms with Gasteiger partial charge in [-0.15, -0.1) is 11.3 Å². The molecule has 3 aromatic rings. The van der Waals surface area contributed by atoms with Gasteiger partial charge in [-0.05, 0) is 30.0 Å². The van der Waals surface area contributed by atoms with Crippen molar-refractivity contribution in [1.29, 1.82) is 0 Å². The smallest absolute Gasteiger partial charge is 0.126 e. The van der Waals surface area contributed by atoms with E-state index in [2.05, 4.69) is 73.7 Å². The lowest BCUT2D eigenvalue weighted by atomic mass is 10.2. The zero-order valence-electron chi connectivity index (χ0n) is 15.8. The number of hydrogen-bond donors (Lipinski definition) is 0. The van der Waals surface area contributed by atoms with Crippen molar-refractivity contribution >= 4 is 11.3 Å². The Bertz CT molecular complexity index is 840. The highest BCUT2D eigenvalue weighted by Crippen LogP contribution is 2.23. The van der Waals surface area contributed by atoms with Crippen molar-refractivity contribution in [3.05, 3.63) is 71.0 Å². The highest BCUT2D eigenvalue weighted by molar-refractivity contribution is 7.13. The van der Waals surface area contributed by atoms with Gasteiger partial charge in [0.1, 0.15) is 5.82 Å². The van der Waals surface area contributed by atoms with Crippen molar-refractivity contribution in [3.63, 3.8) is 0 Å². The molecule has 2 aromatic heterocycles. The monoisotopic (exact) mass is 378 g/mol. The SMILES string of the molecule is Cc1nc(CCN2CCN(Cc3ccccc3)CC2)cc(-c2cccs2)n1. The van der Waals surface area contributed by atoms with Gasteiger partial charge in [-0.2, -0.15) is 0 Å². The van der Waals surface area contributed by atoms with E-state index in [1.165, 1.54) is 10.4 Å². The van der Waals surface area contributed by atoms with Gasteiger partial charge in [-0.3, -0.25) is 4.90 Å². The number of benzene rings is 1. The molecule has 0 saturated carbocycles. The minimum absolute atomic E-state index is 0.864. The molecule has 0 atom stereocenters. The van der Waals surface area contributed by atoms with Crippen LogP contribution in [0.5, 0.6) is 0 Å². The van der Waals surface area contributed by atoms with E-state index in [0.29, 0.717) is 0 Å². The standard InChI is InChI=1S/C22H26N4S/c1-18-23-20(16-21(24-18)22-8-5-15-27-22)9-10-25-11-13-26(14-12-25)17-19-6-3-2-4-7-19/h2-8,15-16H,9-14,17H2,1H3. The van der Waals surface area contributed by atoms with Crippen molar-refractivity contribution in [1.82, 2.24) is 19.8 Å². The maximum Gasteiger partial charge on any atom is 0.126 e. The van der Waals surface area contributed by atoms with Crippen molar-refractivity contribution in [2.24, 2.45) is 0 Å². The molecule has 1 aliphatic heterocycles. The molecule has 1 aromatic carbocycles. The minimum atomic E-state index is 0.864. The first-order chi connectivity index (χ1) is 13.3. The molecule has 0 unspecified atom stereocenters. The van der Waals surface area contributed by atoms with E-state index in [0.717, 1.165) is 62.9 Å². The molecule has 1 fully saturated rings. The molecule has 4 nitrogen and oxygen atoms in total.